The van der Waals surface area contributed by atoms with E-state index in [-0.39, 0.29) is 11.5 Å². The normalized spacial score (nSPS) is 36.9. The highest BCUT2D eigenvalue weighted by Crippen LogP contribution is 2.25. The van der Waals surface area contributed by atoms with E-state index in [9.17, 15) is 0 Å². The first-order chi connectivity index (χ1) is 4.20. The van der Waals surface area contributed by atoms with E-state index >= 15 is 0 Å². The molecular weight excluding hydrogens is 136 g/mol. The fraction of sp³-hybridized carbons (Fsp3) is 0.714. The molecule has 52 valence electrons. The van der Waals surface area contributed by atoms with Gasteiger partial charge in [-0.1, -0.05) is 6.58 Å². The highest BCUT2D eigenvalue weighted by atomic mass is 35.5. The van der Waals surface area contributed by atoms with Crippen LogP contribution in [0.1, 0.15) is 19.3 Å². The maximum atomic E-state index is 9.14. The fourth-order valence-electron chi connectivity index (χ4n) is 1.07. The van der Waals surface area contributed by atoms with E-state index in [1.54, 1.807) is 0 Å². The van der Waals surface area contributed by atoms with Crippen molar-refractivity contribution >= 4 is 11.6 Å². The van der Waals surface area contributed by atoms with Gasteiger partial charge in [-0.3, -0.25) is 0 Å². The molecule has 2 unspecified atom stereocenters. The van der Waals surface area contributed by atoms with Gasteiger partial charge in [0, 0.05) is 5.38 Å². The Bertz CT molecular complexity index is 122. The van der Waals surface area contributed by atoms with Crippen molar-refractivity contribution in [2.45, 2.75) is 30.7 Å². The summed E-state index contributed by atoms with van der Waals surface area (Å²) in [6.45, 7) is 3.71. The van der Waals surface area contributed by atoms with Crippen molar-refractivity contribution < 1.29 is 5.11 Å². The van der Waals surface area contributed by atoms with Gasteiger partial charge in [0.05, 0.1) is 6.10 Å². The Labute approximate surface area is 60.3 Å². The van der Waals surface area contributed by atoms with Crippen LogP contribution < -0.4 is 0 Å². The minimum Gasteiger partial charge on any atom is -0.389 e. The Hall–Kier alpha value is -0.0100. The van der Waals surface area contributed by atoms with Gasteiger partial charge < -0.3 is 5.11 Å². The number of aliphatic hydroxyl groups excluding tert-OH is 1. The van der Waals surface area contributed by atoms with Crippen molar-refractivity contribution in [1.82, 2.24) is 0 Å². The minimum atomic E-state index is -0.292. The molecule has 0 radical (unpaired) electrons. The minimum absolute atomic E-state index is 0.209. The zero-order chi connectivity index (χ0) is 6.85. The summed E-state index contributed by atoms with van der Waals surface area (Å²) in [6, 6.07) is 0. The van der Waals surface area contributed by atoms with Crippen LogP contribution >= 0.6 is 11.6 Å². The van der Waals surface area contributed by atoms with Crippen LogP contribution in [0.15, 0.2) is 12.2 Å². The zero-order valence-corrected chi connectivity index (χ0v) is 6.06. The fourth-order valence-corrected chi connectivity index (χ4v) is 1.39. The molecule has 2 heteroatoms. The lowest BCUT2D eigenvalue weighted by atomic mass is 9.93. The number of alkyl halides is 1. The molecule has 1 nitrogen and oxygen atoms in total. The third-order valence-corrected chi connectivity index (χ3v) is 2.08. The third kappa shape index (κ3) is 1.70. The quantitative estimate of drug-likeness (QED) is 0.408. The average molecular weight is 147 g/mol. The van der Waals surface area contributed by atoms with Crippen molar-refractivity contribution in [3.8, 4) is 0 Å². The Morgan fingerprint density at radius 3 is 2.67 bits per heavy atom. The van der Waals surface area contributed by atoms with E-state index < -0.39 is 0 Å². The number of aliphatic hydroxyl groups is 1. The third-order valence-electron chi connectivity index (χ3n) is 1.71. The molecule has 0 heterocycles. The molecule has 1 N–H and O–H groups in total. The van der Waals surface area contributed by atoms with Crippen LogP contribution in [0, 0.1) is 0 Å². The van der Waals surface area contributed by atoms with E-state index in [0.29, 0.717) is 0 Å². The van der Waals surface area contributed by atoms with E-state index in [1.807, 2.05) is 0 Å². The molecule has 0 aromatic heterocycles. The van der Waals surface area contributed by atoms with Crippen LogP contribution in [0.3, 0.4) is 0 Å². The molecule has 0 amide bonds. The maximum absolute atomic E-state index is 9.14. The first-order valence-electron chi connectivity index (χ1n) is 3.20. The van der Waals surface area contributed by atoms with Gasteiger partial charge in [0.2, 0.25) is 0 Å². The van der Waals surface area contributed by atoms with Gasteiger partial charge in [-0.25, -0.2) is 0 Å². The predicted octanol–water partition coefficient (Wildman–Crippen LogP) is 1.69. The molecule has 0 saturated heterocycles. The van der Waals surface area contributed by atoms with Crippen molar-refractivity contribution in [3.63, 3.8) is 0 Å². The summed E-state index contributed by atoms with van der Waals surface area (Å²) >= 11 is 5.80. The summed E-state index contributed by atoms with van der Waals surface area (Å²) in [4.78, 5) is 0. The van der Waals surface area contributed by atoms with E-state index in [0.717, 1.165) is 24.8 Å². The molecule has 1 aliphatic carbocycles. The van der Waals surface area contributed by atoms with Crippen LogP contribution in [0.25, 0.3) is 0 Å². The molecule has 0 aliphatic heterocycles. The molecule has 0 aromatic rings. The molecule has 1 rings (SSSR count). The topological polar surface area (TPSA) is 20.2 Å². The summed E-state index contributed by atoms with van der Waals surface area (Å²) < 4.78 is 0. The second-order valence-corrected chi connectivity index (χ2v) is 3.17. The van der Waals surface area contributed by atoms with E-state index in [1.165, 1.54) is 0 Å². The largest absolute Gasteiger partial charge is 0.389 e. The van der Waals surface area contributed by atoms with Crippen LogP contribution in [0.2, 0.25) is 0 Å². The van der Waals surface area contributed by atoms with Crippen LogP contribution in [0.5, 0.6) is 0 Å². The lowest BCUT2D eigenvalue weighted by Gasteiger charge is -2.22. The van der Waals surface area contributed by atoms with Crippen LogP contribution in [0.4, 0.5) is 0 Å². The highest BCUT2D eigenvalue weighted by molar-refractivity contribution is 6.20. The molecule has 1 aliphatic rings. The molecule has 0 spiro atoms. The predicted molar refractivity (Wildman–Crippen MR) is 38.6 cm³/mol. The average Bonchev–Trinajstić information content (AvgIpc) is 1.80. The Morgan fingerprint density at radius 1 is 1.56 bits per heavy atom. The monoisotopic (exact) mass is 146 g/mol. The van der Waals surface area contributed by atoms with Gasteiger partial charge in [0.1, 0.15) is 0 Å². The molecule has 0 bridgehead atoms. The van der Waals surface area contributed by atoms with Gasteiger partial charge in [-0.05, 0) is 24.8 Å². The molecule has 9 heavy (non-hydrogen) atoms. The summed E-state index contributed by atoms with van der Waals surface area (Å²) in [5.74, 6) is 0. The second kappa shape index (κ2) is 2.72. The Balaban J connectivity index is 2.44. The molecular formula is C7H11ClO. The summed E-state index contributed by atoms with van der Waals surface area (Å²) in [7, 11) is 0. The zero-order valence-electron chi connectivity index (χ0n) is 5.31. The lowest BCUT2D eigenvalue weighted by Crippen LogP contribution is -2.20. The maximum Gasteiger partial charge on any atom is 0.0748 e. The standard InChI is InChI=1S/C7H11ClO/c1-5-4-6(8)2-3-7(5)9/h6-7,9H,1-4H2. The first-order valence-corrected chi connectivity index (χ1v) is 3.63. The number of rotatable bonds is 0. The highest BCUT2D eigenvalue weighted by Gasteiger charge is 2.19. The van der Waals surface area contributed by atoms with E-state index in [4.69, 9.17) is 16.7 Å². The molecule has 1 fully saturated rings. The number of halogens is 1. The summed E-state index contributed by atoms with van der Waals surface area (Å²) in [5.41, 5.74) is 0.890. The van der Waals surface area contributed by atoms with Gasteiger partial charge in [0.15, 0.2) is 0 Å². The Kier molecular flexibility index (Phi) is 2.14. The van der Waals surface area contributed by atoms with Gasteiger partial charge in [-0.2, -0.15) is 0 Å². The second-order valence-electron chi connectivity index (χ2n) is 2.55. The van der Waals surface area contributed by atoms with E-state index in [2.05, 4.69) is 6.58 Å². The van der Waals surface area contributed by atoms with Crippen molar-refractivity contribution in [2.24, 2.45) is 0 Å². The van der Waals surface area contributed by atoms with Gasteiger partial charge >= 0.3 is 0 Å². The lowest BCUT2D eigenvalue weighted by molar-refractivity contribution is 0.180. The van der Waals surface area contributed by atoms with Gasteiger partial charge in [0.25, 0.3) is 0 Å². The van der Waals surface area contributed by atoms with Crippen molar-refractivity contribution in [1.29, 1.82) is 0 Å². The number of hydrogen-bond donors (Lipinski definition) is 1. The van der Waals surface area contributed by atoms with Gasteiger partial charge in [-0.15, -0.1) is 11.6 Å². The number of hydrogen-bond acceptors (Lipinski definition) is 1. The molecule has 0 aromatic carbocycles. The summed E-state index contributed by atoms with van der Waals surface area (Å²) in [5, 5.41) is 9.35. The molecule has 1 saturated carbocycles. The Morgan fingerprint density at radius 2 is 2.22 bits per heavy atom. The molecule has 2 atom stereocenters. The van der Waals surface area contributed by atoms with Crippen LogP contribution in [-0.4, -0.2) is 16.6 Å². The smallest absolute Gasteiger partial charge is 0.0748 e. The van der Waals surface area contributed by atoms with Crippen molar-refractivity contribution in [2.75, 3.05) is 0 Å². The SMILES string of the molecule is C=C1CC(Cl)CCC1O. The van der Waals surface area contributed by atoms with Crippen molar-refractivity contribution in [3.05, 3.63) is 12.2 Å². The van der Waals surface area contributed by atoms with Crippen LogP contribution in [-0.2, 0) is 0 Å². The summed E-state index contributed by atoms with van der Waals surface area (Å²) in [6.07, 6.45) is 2.19. The first kappa shape index (κ1) is 7.10.